The maximum absolute atomic E-state index is 13.1. The van der Waals surface area contributed by atoms with Crippen LogP contribution in [0.5, 0.6) is 0 Å². The van der Waals surface area contributed by atoms with E-state index in [1.54, 1.807) is 0 Å². The molecular weight excluding hydrogens is 322 g/mol. The fraction of sp³-hybridized carbons (Fsp3) is 0.364. The molecule has 1 amide bonds. The number of rotatable bonds is 4. The van der Waals surface area contributed by atoms with E-state index in [9.17, 15) is 4.79 Å². The van der Waals surface area contributed by atoms with Crippen molar-refractivity contribution < 1.29 is 4.79 Å². The first-order valence-electron chi connectivity index (χ1n) is 9.49. The SMILES string of the molecule is Cc1nc2c(C(=O)N3CCC[C@@H](CCc4ccccc4)C3)cccc2[nH]1. The summed E-state index contributed by atoms with van der Waals surface area (Å²) < 4.78 is 0. The van der Waals surface area contributed by atoms with Crippen molar-refractivity contribution in [2.75, 3.05) is 13.1 Å². The molecule has 0 saturated carbocycles. The van der Waals surface area contributed by atoms with Gasteiger partial charge in [-0.1, -0.05) is 36.4 Å². The van der Waals surface area contributed by atoms with Crippen LogP contribution in [-0.2, 0) is 6.42 Å². The number of amides is 1. The molecule has 1 saturated heterocycles. The summed E-state index contributed by atoms with van der Waals surface area (Å²) in [6.07, 6.45) is 4.52. The lowest BCUT2D eigenvalue weighted by atomic mass is 9.91. The summed E-state index contributed by atoms with van der Waals surface area (Å²) in [6.45, 7) is 3.63. The highest BCUT2D eigenvalue weighted by atomic mass is 16.2. The van der Waals surface area contributed by atoms with E-state index < -0.39 is 0 Å². The first-order valence-corrected chi connectivity index (χ1v) is 9.49. The summed E-state index contributed by atoms with van der Waals surface area (Å²) in [5.41, 5.74) is 3.83. The Balaban J connectivity index is 1.46. The first kappa shape index (κ1) is 16.8. The Morgan fingerprint density at radius 1 is 1.19 bits per heavy atom. The summed E-state index contributed by atoms with van der Waals surface area (Å²) in [4.78, 5) is 22.9. The number of carbonyl (C=O) groups excluding carboxylic acids is 1. The third-order valence-corrected chi connectivity index (χ3v) is 5.35. The van der Waals surface area contributed by atoms with E-state index in [0.29, 0.717) is 5.92 Å². The largest absolute Gasteiger partial charge is 0.342 e. The van der Waals surface area contributed by atoms with Crippen LogP contribution in [0.1, 0.15) is 41.0 Å². The van der Waals surface area contributed by atoms with Gasteiger partial charge in [0.05, 0.1) is 11.1 Å². The lowest BCUT2D eigenvalue weighted by Gasteiger charge is -2.33. The number of aromatic nitrogens is 2. The number of hydrogen-bond acceptors (Lipinski definition) is 2. The van der Waals surface area contributed by atoms with Crippen LogP contribution in [0.4, 0.5) is 0 Å². The number of carbonyl (C=O) groups is 1. The molecule has 1 N–H and O–H groups in total. The number of piperidine rings is 1. The van der Waals surface area contributed by atoms with Crippen LogP contribution in [0.2, 0.25) is 0 Å². The van der Waals surface area contributed by atoms with Crippen LogP contribution < -0.4 is 0 Å². The van der Waals surface area contributed by atoms with Gasteiger partial charge in [-0.05, 0) is 56.2 Å². The van der Waals surface area contributed by atoms with Crippen molar-refractivity contribution >= 4 is 16.9 Å². The molecule has 0 radical (unpaired) electrons. The number of imidazole rings is 1. The smallest absolute Gasteiger partial charge is 0.256 e. The van der Waals surface area contributed by atoms with E-state index in [-0.39, 0.29) is 5.91 Å². The maximum atomic E-state index is 13.1. The van der Waals surface area contributed by atoms with Crippen molar-refractivity contribution in [2.45, 2.75) is 32.6 Å². The normalized spacial score (nSPS) is 17.6. The zero-order valence-corrected chi connectivity index (χ0v) is 15.2. The van der Waals surface area contributed by atoms with Gasteiger partial charge >= 0.3 is 0 Å². The second-order valence-electron chi connectivity index (χ2n) is 7.31. The summed E-state index contributed by atoms with van der Waals surface area (Å²) in [7, 11) is 0. The van der Waals surface area contributed by atoms with Gasteiger partial charge in [0.1, 0.15) is 11.3 Å². The Morgan fingerprint density at radius 2 is 2.04 bits per heavy atom. The van der Waals surface area contributed by atoms with Crippen molar-refractivity contribution in [3.05, 3.63) is 65.5 Å². The molecule has 4 heteroatoms. The lowest BCUT2D eigenvalue weighted by Crippen LogP contribution is -2.40. The monoisotopic (exact) mass is 347 g/mol. The minimum Gasteiger partial charge on any atom is -0.342 e. The number of H-pyrrole nitrogens is 1. The van der Waals surface area contributed by atoms with Crippen LogP contribution in [0.25, 0.3) is 11.0 Å². The van der Waals surface area contributed by atoms with Gasteiger partial charge in [0.2, 0.25) is 0 Å². The molecule has 4 rings (SSSR count). The van der Waals surface area contributed by atoms with E-state index >= 15 is 0 Å². The van der Waals surface area contributed by atoms with Crippen molar-refractivity contribution in [1.29, 1.82) is 0 Å². The average molecular weight is 347 g/mol. The van der Waals surface area contributed by atoms with Crippen molar-refractivity contribution in [3.8, 4) is 0 Å². The Morgan fingerprint density at radius 3 is 2.88 bits per heavy atom. The quantitative estimate of drug-likeness (QED) is 0.762. The van der Waals surface area contributed by atoms with Crippen LogP contribution in [-0.4, -0.2) is 33.9 Å². The Hall–Kier alpha value is -2.62. The van der Waals surface area contributed by atoms with Gasteiger partial charge in [0, 0.05) is 13.1 Å². The van der Waals surface area contributed by atoms with Gasteiger partial charge in [-0.25, -0.2) is 4.98 Å². The van der Waals surface area contributed by atoms with Crippen LogP contribution in [0.15, 0.2) is 48.5 Å². The molecule has 2 aromatic carbocycles. The Bertz CT molecular complexity index is 900. The van der Waals surface area contributed by atoms with E-state index in [2.05, 4.69) is 40.3 Å². The average Bonchev–Trinajstić information content (AvgIpc) is 3.07. The molecule has 0 aliphatic carbocycles. The molecule has 26 heavy (non-hydrogen) atoms. The van der Waals surface area contributed by atoms with E-state index in [1.807, 2.05) is 30.0 Å². The Kier molecular flexibility index (Phi) is 4.74. The third-order valence-electron chi connectivity index (χ3n) is 5.35. The molecule has 2 heterocycles. The molecule has 1 fully saturated rings. The van der Waals surface area contributed by atoms with Crippen LogP contribution in [0.3, 0.4) is 0 Å². The second-order valence-corrected chi connectivity index (χ2v) is 7.31. The van der Waals surface area contributed by atoms with Gasteiger partial charge in [-0.3, -0.25) is 4.79 Å². The van der Waals surface area contributed by atoms with Gasteiger partial charge in [-0.15, -0.1) is 0 Å². The topological polar surface area (TPSA) is 49.0 Å². The second kappa shape index (κ2) is 7.32. The number of para-hydroxylation sites is 1. The molecule has 1 aliphatic rings. The van der Waals surface area contributed by atoms with Crippen LogP contribution in [0, 0.1) is 12.8 Å². The zero-order valence-electron chi connectivity index (χ0n) is 15.2. The molecule has 4 nitrogen and oxygen atoms in total. The molecule has 0 spiro atoms. The minimum atomic E-state index is 0.117. The number of fused-ring (bicyclic) bond motifs is 1. The number of aryl methyl sites for hydroxylation is 2. The van der Waals surface area contributed by atoms with Crippen molar-refractivity contribution in [1.82, 2.24) is 14.9 Å². The van der Waals surface area contributed by atoms with Gasteiger partial charge in [0.25, 0.3) is 5.91 Å². The lowest BCUT2D eigenvalue weighted by molar-refractivity contribution is 0.0670. The predicted molar refractivity (Wildman–Crippen MR) is 104 cm³/mol. The molecule has 0 bridgehead atoms. The third kappa shape index (κ3) is 3.50. The van der Waals surface area contributed by atoms with Gasteiger partial charge < -0.3 is 9.88 Å². The first-order chi connectivity index (χ1) is 12.7. The fourth-order valence-corrected chi connectivity index (χ4v) is 4.00. The van der Waals surface area contributed by atoms with Crippen molar-refractivity contribution in [3.63, 3.8) is 0 Å². The van der Waals surface area contributed by atoms with Gasteiger partial charge in [-0.2, -0.15) is 0 Å². The molecular formula is C22H25N3O. The summed E-state index contributed by atoms with van der Waals surface area (Å²) in [6, 6.07) is 16.4. The highest BCUT2D eigenvalue weighted by Crippen LogP contribution is 2.25. The van der Waals surface area contributed by atoms with E-state index in [4.69, 9.17) is 0 Å². The van der Waals surface area contributed by atoms with Crippen molar-refractivity contribution in [2.24, 2.45) is 5.92 Å². The molecule has 1 aromatic heterocycles. The fourth-order valence-electron chi connectivity index (χ4n) is 4.00. The zero-order chi connectivity index (χ0) is 17.9. The Labute approximate surface area is 154 Å². The number of benzene rings is 2. The van der Waals surface area contributed by atoms with E-state index in [0.717, 1.165) is 54.8 Å². The summed E-state index contributed by atoms with van der Waals surface area (Å²) in [5, 5.41) is 0. The van der Waals surface area contributed by atoms with Crippen LogP contribution >= 0.6 is 0 Å². The number of nitrogens with one attached hydrogen (secondary N) is 1. The summed E-state index contributed by atoms with van der Waals surface area (Å²) >= 11 is 0. The highest BCUT2D eigenvalue weighted by molar-refractivity contribution is 6.04. The molecule has 0 unspecified atom stereocenters. The predicted octanol–water partition coefficient (Wildman–Crippen LogP) is 4.36. The standard InChI is InChI=1S/C22H25N3O/c1-16-23-20-11-5-10-19(21(20)24-16)22(26)25-14-6-9-18(15-25)13-12-17-7-3-2-4-8-17/h2-5,7-8,10-11,18H,6,9,12-15H2,1H3,(H,23,24)/t18-/m0/s1. The number of aromatic amines is 1. The van der Waals surface area contributed by atoms with E-state index in [1.165, 1.54) is 12.0 Å². The highest BCUT2D eigenvalue weighted by Gasteiger charge is 2.26. The summed E-state index contributed by atoms with van der Waals surface area (Å²) in [5.74, 6) is 1.54. The molecule has 1 aliphatic heterocycles. The number of nitrogens with zero attached hydrogens (tertiary/aromatic N) is 2. The molecule has 134 valence electrons. The number of likely N-dealkylation sites (tertiary alicyclic amines) is 1. The molecule has 1 atom stereocenters. The minimum absolute atomic E-state index is 0.117. The maximum Gasteiger partial charge on any atom is 0.256 e. The molecule has 3 aromatic rings. The number of hydrogen-bond donors (Lipinski definition) is 1. The van der Waals surface area contributed by atoms with Gasteiger partial charge in [0.15, 0.2) is 0 Å².